The zero-order valence-corrected chi connectivity index (χ0v) is 18.7. The minimum Gasteiger partial charge on any atom is -0.482 e. The summed E-state index contributed by atoms with van der Waals surface area (Å²) in [4.78, 5) is 36.3. The minimum atomic E-state index is -0.490. The molecule has 1 heterocycles. The molecule has 8 nitrogen and oxygen atoms in total. The minimum absolute atomic E-state index is 0.278. The van der Waals surface area contributed by atoms with Crippen molar-refractivity contribution in [1.82, 2.24) is 0 Å². The molecule has 0 aliphatic heterocycles. The molecule has 0 amide bonds. The van der Waals surface area contributed by atoms with Crippen LogP contribution in [-0.2, 0) is 31.9 Å². The summed E-state index contributed by atoms with van der Waals surface area (Å²) in [7, 11) is 0. The van der Waals surface area contributed by atoms with Crippen LogP contribution in [0.15, 0.2) is 21.3 Å². The van der Waals surface area contributed by atoms with E-state index < -0.39 is 11.9 Å². The molecular weight excluding hydrogens is 416 g/mol. The lowest BCUT2D eigenvalue weighted by atomic mass is 10.1. The molecule has 0 fully saturated rings. The summed E-state index contributed by atoms with van der Waals surface area (Å²) >= 11 is 0. The molecule has 174 valence electrons. The molecule has 8 heteroatoms. The summed E-state index contributed by atoms with van der Waals surface area (Å²) in [6.07, 6.45) is 5.62. The number of fused-ring (bicyclic) bond motifs is 3. The number of ether oxygens (including phenoxy) is 4. The van der Waals surface area contributed by atoms with E-state index in [2.05, 4.69) is 0 Å². The Morgan fingerprint density at radius 2 is 1.53 bits per heavy atom. The Morgan fingerprint density at radius 1 is 0.906 bits per heavy atom. The zero-order valence-electron chi connectivity index (χ0n) is 18.7. The third kappa shape index (κ3) is 6.02. The first kappa shape index (κ1) is 23.6. The lowest BCUT2D eigenvalue weighted by Gasteiger charge is -2.14. The van der Waals surface area contributed by atoms with Crippen molar-refractivity contribution < 1.29 is 33.0 Å². The first-order chi connectivity index (χ1) is 15.5. The molecule has 0 saturated heterocycles. The number of unbranched alkanes of at least 4 members (excludes halogenated alkanes) is 2. The van der Waals surface area contributed by atoms with E-state index in [0.717, 1.165) is 44.1 Å². The van der Waals surface area contributed by atoms with Gasteiger partial charge in [0.1, 0.15) is 17.1 Å². The average molecular weight is 446 g/mol. The first-order valence-corrected chi connectivity index (χ1v) is 11.2. The number of benzene rings is 1. The van der Waals surface area contributed by atoms with Gasteiger partial charge in [0.15, 0.2) is 13.2 Å². The fourth-order valence-electron chi connectivity index (χ4n) is 3.57. The fourth-order valence-corrected chi connectivity index (χ4v) is 3.57. The second-order valence-electron chi connectivity index (χ2n) is 7.72. The van der Waals surface area contributed by atoms with Gasteiger partial charge in [-0.2, -0.15) is 0 Å². The van der Waals surface area contributed by atoms with Crippen molar-refractivity contribution in [2.75, 3.05) is 26.4 Å². The highest BCUT2D eigenvalue weighted by atomic mass is 16.6. The molecule has 0 saturated carbocycles. The Morgan fingerprint density at radius 3 is 2.19 bits per heavy atom. The van der Waals surface area contributed by atoms with Crippen molar-refractivity contribution >= 4 is 22.9 Å². The van der Waals surface area contributed by atoms with Gasteiger partial charge in [-0.3, -0.25) is 0 Å². The number of carbonyl (C=O) groups excluding carboxylic acids is 2. The van der Waals surface area contributed by atoms with E-state index in [1.165, 1.54) is 0 Å². The van der Waals surface area contributed by atoms with E-state index in [0.29, 0.717) is 41.9 Å². The third-order valence-corrected chi connectivity index (χ3v) is 5.23. The summed E-state index contributed by atoms with van der Waals surface area (Å²) < 4.78 is 27.1. The molecule has 0 radical (unpaired) electrons. The van der Waals surface area contributed by atoms with Crippen LogP contribution in [0, 0.1) is 0 Å². The predicted octanol–water partition coefficient (Wildman–Crippen LogP) is 3.73. The van der Waals surface area contributed by atoms with Crippen molar-refractivity contribution in [3.05, 3.63) is 33.7 Å². The van der Waals surface area contributed by atoms with E-state index in [-0.39, 0.29) is 24.6 Å². The monoisotopic (exact) mass is 446 g/mol. The number of hydrogen-bond acceptors (Lipinski definition) is 8. The van der Waals surface area contributed by atoms with Gasteiger partial charge in [0.25, 0.3) is 0 Å². The van der Waals surface area contributed by atoms with Gasteiger partial charge in [-0.15, -0.1) is 0 Å². The summed E-state index contributed by atoms with van der Waals surface area (Å²) in [5.41, 5.74) is 1.42. The summed E-state index contributed by atoms with van der Waals surface area (Å²) in [5, 5.41) is 0.649. The van der Waals surface area contributed by atoms with Crippen LogP contribution in [0.1, 0.15) is 57.1 Å². The molecule has 0 unspecified atom stereocenters. The lowest BCUT2D eigenvalue weighted by molar-refractivity contribution is -0.146. The smallest absolute Gasteiger partial charge is 0.344 e. The van der Waals surface area contributed by atoms with Crippen LogP contribution in [0.3, 0.4) is 0 Å². The van der Waals surface area contributed by atoms with Crippen LogP contribution in [-0.4, -0.2) is 38.4 Å². The van der Waals surface area contributed by atoms with Crippen LogP contribution in [0.25, 0.3) is 11.0 Å². The van der Waals surface area contributed by atoms with Crippen LogP contribution in [0.5, 0.6) is 11.5 Å². The zero-order chi connectivity index (χ0) is 22.9. The molecule has 1 aliphatic carbocycles. The maximum Gasteiger partial charge on any atom is 0.344 e. The topological polar surface area (TPSA) is 101 Å². The van der Waals surface area contributed by atoms with Crippen molar-refractivity contribution in [1.29, 1.82) is 0 Å². The van der Waals surface area contributed by atoms with Gasteiger partial charge in [-0.25, -0.2) is 14.4 Å². The van der Waals surface area contributed by atoms with Crippen molar-refractivity contribution in [3.8, 4) is 11.5 Å². The fraction of sp³-hybridized carbons (Fsp3) is 0.542. The van der Waals surface area contributed by atoms with Gasteiger partial charge in [0, 0.05) is 17.7 Å². The number of rotatable bonds is 12. The quantitative estimate of drug-likeness (QED) is 0.276. The molecule has 1 aliphatic rings. The Balaban J connectivity index is 1.82. The molecule has 1 aromatic heterocycles. The van der Waals surface area contributed by atoms with Crippen LogP contribution in [0.4, 0.5) is 0 Å². The van der Waals surface area contributed by atoms with Crippen molar-refractivity contribution in [2.45, 2.75) is 58.8 Å². The van der Waals surface area contributed by atoms with E-state index in [1.807, 2.05) is 13.8 Å². The van der Waals surface area contributed by atoms with Gasteiger partial charge >= 0.3 is 17.6 Å². The normalized spacial score (nSPS) is 12.4. The maximum absolute atomic E-state index is 12.4. The van der Waals surface area contributed by atoms with Gasteiger partial charge in [-0.05, 0) is 37.7 Å². The largest absolute Gasteiger partial charge is 0.482 e. The predicted molar refractivity (Wildman–Crippen MR) is 117 cm³/mol. The SMILES string of the molecule is CCCCOC(=O)COc1cc(OCC(=O)OCCCC)c2c3c(c(=O)oc2c1)CCC3. The second-order valence-corrected chi connectivity index (χ2v) is 7.72. The molecule has 0 spiro atoms. The molecule has 3 rings (SSSR count). The van der Waals surface area contributed by atoms with E-state index in [1.54, 1.807) is 12.1 Å². The van der Waals surface area contributed by atoms with E-state index >= 15 is 0 Å². The molecule has 0 atom stereocenters. The van der Waals surface area contributed by atoms with Crippen molar-refractivity contribution in [2.24, 2.45) is 0 Å². The standard InChI is InChI=1S/C24H30O8/c1-3-5-10-28-21(25)14-30-16-12-19(31-15-22(26)29-11-6-4-2)23-17-8-7-9-18(17)24(27)32-20(23)13-16/h12-13H,3-11,14-15H2,1-2H3. The number of aryl methyl sites for hydroxylation is 1. The van der Waals surface area contributed by atoms with E-state index in [9.17, 15) is 14.4 Å². The van der Waals surface area contributed by atoms with E-state index in [4.69, 9.17) is 23.4 Å². The summed E-state index contributed by atoms with van der Waals surface area (Å²) in [6, 6.07) is 3.15. The summed E-state index contributed by atoms with van der Waals surface area (Å²) in [5.74, 6) is -0.339. The molecule has 0 N–H and O–H groups in total. The highest BCUT2D eigenvalue weighted by Gasteiger charge is 2.23. The Hall–Kier alpha value is -3.03. The van der Waals surface area contributed by atoms with Crippen LogP contribution < -0.4 is 15.1 Å². The lowest BCUT2D eigenvalue weighted by Crippen LogP contribution is -2.17. The van der Waals surface area contributed by atoms with Gasteiger partial charge in [0.2, 0.25) is 0 Å². The number of esters is 2. The van der Waals surface area contributed by atoms with Gasteiger partial charge < -0.3 is 23.4 Å². The second kappa shape index (κ2) is 11.5. The number of hydrogen-bond donors (Lipinski definition) is 0. The van der Waals surface area contributed by atoms with Crippen LogP contribution in [0.2, 0.25) is 0 Å². The highest BCUT2D eigenvalue weighted by Crippen LogP contribution is 2.37. The number of carbonyl (C=O) groups is 2. The summed E-state index contributed by atoms with van der Waals surface area (Å²) in [6.45, 7) is 4.12. The Kier molecular flexibility index (Phi) is 8.53. The van der Waals surface area contributed by atoms with Crippen molar-refractivity contribution in [3.63, 3.8) is 0 Å². The molecule has 2 aromatic rings. The van der Waals surface area contributed by atoms with Gasteiger partial charge in [0.05, 0.1) is 18.6 Å². The molecule has 0 bridgehead atoms. The highest BCUT2D eigenvalue weighted by molar-refractivity contribution is 5.90. The molecule has 32 heavy (non-hydrogen) atoms. The van der Waals surface area contributed by atoms with Gasteiger partial charge in [-0.1, -0.05) is 26.7 Å². The first-order valence-electron chi connectivity index (χ1n) is 11.2. The Bertz CT molecular complexity index is 1010. The maximum atomic E-state index is 12.4. The molecule has 1 aromatic carbocycles. The Labute approximate surface area is 186 Å². The third-order valence-electron chi connectivity index (χ3n) is 5.23. The van der Waals surface area contributed by atoms with Crippen LogP contribution >= 0.6 is 0 Å². The molecular formula is C24H30O8. The average Bonchev–Trinajstić information content (AvgIpc) is 3.27.